The maximum absolute atomic E-state index is 12.1. The fraction of sp³-hybridized carbons (Fsp3) is 0.188. The number of benzene rings is 1. The van der Waals surface area contributed by atoms with E-state index in [2.05, 4.69) is 16.1 Å². The molecule has 2 aromatic rings. The maximum atomic E-state index is 12.1. The number of aryl methyl sites for hydroxylation is 1. The zero-order chi connectivity index (χ0) is 15.6. The van der Waals surface area contributed by atoms with Gasteiger partial charge in [-0.05, 0) is 26.0 Å². The van der Waals surface area contributed by atoms with Crippen molar-refractivity contribution in [2.45, 2.75) is 13.8 Å². The second-order valence-electron chi connectivity index (χ2n) is 4.72. The smallest absolute Gasteiger partial charge is 0.281 e. The molecule has 0 aliphatic rings. The van der Waals surface area contributed by atoms with Gasteiger partial charge in [0.2, 0.25) is 5.88 Å². The molecule has 0 atom stereocenters. The number of azo groups is 1. The first-order valence-electron chi connectivity index (χ1n) is 6.33. The molecule has 0 saturated heterocycles. The summed E-state index contributed by atoms with van der Waals surface area (Å²) in [6.45, 7) is 3.61. The standard InChI is InChI=1S/C16H15N3O2/c1-5-13-11(3)14(16(21)19(4)15(13)20)18-17-12-8-6-10(2)7-9-12/h1,6-9,20H,2-4H3. The van der Waals surface area contributed by atoms with Gasteiger partial charge in [-0.3, -0.25) is 9.36 Å². The summed E-state index contributed by atoms with van der Waals surface area (Å²) >= 11 is 0. The van der Waals surface area contributed by atoms with E-state index in [9.17, 15) is 9.90 Å². The molecule has 0 spiro atoms. The number of aromatic nitrogens is 1. The van der Waals surface area contributed by atoms with Crippen molar-refractivity contribution in [2.75, 3.05) is 0 Å². The molecule has 0 radical (unpaired) electrons. The number of hydrogen-bond acceptors (Lipinski definition) is 4. The van der Waals surface area contributed by atoms with Gasteiger partial charge >= 0.3 is 0 Å². The number of hydrogen-bond donors (Lipinski definition) is 1. The highest BCUT2D eigenvalue weighted by Crippen LogP contribution is 2.26. The van der Waals surface area contributed by atoms with Crippen molar-refractivity contribution in [2.24, 2.45) is 17.3 Å². The van der Waals surface area contributed by atoms with Crippen LogP contribution in [0.25, 0.3) is 0 Å². The van der Waals surface area contributed by atoms with Gasteiger partial charge in [0.05, 0.1) is 11.3 Å². The third kappa shape index (κ3) is 2.70. The SMILES string of the molecule is C#Cc1c(C)c(N=Nc2ccc(C)cc2)c(=O)n(C)c1O. The average molecular weight is 281 g/mol. The Morgan fingerprint density at radius 2 is 1.81 bits per heavy atom. The van der Waals surface area contributed by atoms with Crippen LogP contribution in [0.15, 0.2) is 39.3 Å². The van der Waals surface area contributed by atoms with Crippen LogP contribution in [0, 0.1) is 26.2 Å². The largest absolute Gasteiger partial charge is 0.493 e. The lowest BCUT2D eigenvalue weighted by Gasteiger charge is -2.09. The molecule has 0 aliphatic heterocycles. The van der Waals surface area contributed by atoms with Crippen molar-refractivity contribution in [3.05, 3.63) is 51.3 Å². The van der Waals surface area contributed by atoms with E-state index in [1.54, 1.807) is 19.1 Å². The lowest BCUT2D eigenvalue weighted by molar-refractivity contribution is 0.421. The molecule has 0 bridgehead atoms. The van der Waals surface area contributed by atoms with Gasteiger partial charge in [-0.2, -0.15) is 5.11 Å². The topological polar surface area (TPSA) is 67.0 Å². The zero-order valence-electron chi connectivity index (χ0n) is 12.1. The van der Waals surface area contributed by atoms with Crippen molar-refractivity contribution in [3.8, 4) is 18.2 Å². The number of terminal acetylenes is 1. The molecule has 0 fully saturated rings. The van der Waals surface area contributed by atoms with Crippen LogP contribution < -0.4 is 5.56 Å². The Bertz CT molecular complexity index is 809. The number of nitrogens with zero attached hydrogens (tertiary/aromatic N) is 3. The van der Waals surface area contributed by atoms with Crippen molar-refractivity contribution in [3.63, 3.8) is 0 Å². The lowest BCUT2D eigenvalue weighted by atomic mass is 10.1. The first-order chi connectivity index (χ1) is 9.95. The van der Waals surface area contributed by atoms with E-state index < -0.39 is 5.56 Å². The Kier molecular flexibility index (Phi) is 3.90. The van der Waals surface area contributed by atoms with Gasteiger partial charge < -0.3 is 5.11 Å². The van der Waals surface area contributed by atoms with Crippen LogP contribution in [0.3, 0.4) is 0 Å². The van der Waals surface area contributed by atoms with Gasteiger partial charge in [0.1, 0.15) is 0 Å². The third-order valence-corrected chi connectivity index (χ3v) is 3.22. The Hall–Kier alpha value is -2.87. The number of pyridine rings is 1. The van der Waals surface area contributed by atoms with Crippen molar-refractivity contribution in [1.29, 1.82) is 0 Å². The highest BCUT2D eigenvalue weighted by Gasteiger charge is 2.15. The van der Waals surface area contributed by atoms with E-state index >= 15 is 0 Å². The summed E-state index contributed by atoms with van der Waals surface area (Å²) < 4.78 is 1.06. The van der Waals surface area contributed by atoms with Crippen LogP contribution in [-0.2, 0) is 7.05 Å². The molecule has 5 nitrogen and oxygen atoms in total. The van der Waals surface area contributed by atoms with E-state index in [0.29, 0.717) is 11.3 Å². The lowest BCUT2D eigenvalue weighted by Crippen LogP contribution is -2.18. The van der Waals surface area contributed by atoms with Crippen molar-refractivity contribution >= 4 is 11.4 Å². The van der Waals surface area contributed by atoms with Gasteiger partial charge in [0.25, 0.3) is 5.56 Å². The second-order valence-corrected chi connectivity index (χ2v) is 4.72. The van der Waals surface area contributed by atoms with Crippen LogP contribution in [0.4, 0.5) is 11.4 Å². The number of rotatable bonds is 2. The molecule has 0 unspecified atom stereocenters. The Labute approximate surface area is 122 Å². The molecule has 5 heteroatoms. The summed E-state index contributed by atoms with van der Waals surface area (Å²) in [7, 11) is 1.43. The minimum Gasteiger partial charge on any atom is -0.493 e. The Morgan fingerprint density at radius 3 is 2.38 bits per heavy atom. The minimum atomic E-state index is -0.445. The van der Waals surface area contributed by atoms with E-state index in [4.69, 9.17) is 6.42 Å². The third-order valence-electron chi connectivity index (χ3n) is 3.22. The van der Waals surface area contributed by atoms with Crippen LogP contribution in [-0.4, -0.2) is 9.67 Å². The van der Waals surface area contributed by atoms with E-state index in [0.717, 1.165) is 10.1 Å². The molecule has 1 heterocycles. The molecule has 1 aromatic heterocycles. The quantitative estimate of drug-likeness (QED) is 0.679. The highest BCUT2D eigenvalue weighted by molar-refractivity contribution is 5.57. The summed E-state index contributed by atoms with van der Waals surface area (Å²) in [4.78, 5) is 12.1. The van der Waals surface area contributed by atoms with Crippen molar-refractivity contribution < 1.29 is 5.11 Å². The predicted molar refractivity (Wildman–Crippen MR) is 81.4 cm³/mol. The molecule has 2 rings (SSSR count). The highest BCUT2D eigenvalue weighted by atomic mass is 16.3. The van der Waals surface area contributed by atoms with Crippen LogP contribution in [0.1, 0.15) is 16.7 Å². The Balaban J connectivity index is 2.55. The summed E-state index contributed by atoms with van der Waals surface area (Å²) in [6, 6.07) is 7.42. The molecular formula is C16H15N3O2. The fourth-order valence-corrected chi connectivity index (χ4v) is 1.88. The van der Waals surface area contributed by atoms with Crippen LogP contribution >= 0.6 is 0 Å². The van der Waals surface area contributed by atoms with Gasteiger partial charge in [-0.1, -0.05) is 23.6 Å². The monoisotopic (exact) mass is 281 g/mol. The molecule has 1 N–H and O–H groups in total. The first-order valence-corrected chi connectivity index (χ1v) is 6.33. The average Bonchev–Trinajstić information content (AvgIpc) is 2.47. The van der Waals surface area contributed by atoms with E-state index in [1.165, 1.54) is 7.05 Å². The summed E-state index contributed by atoms with van der Waals surface area (Å²) in [5.74, 6) is 2.12. The minimum absolute atomic E-state index is 0.129. The Morgan fingerprint density at radius 1 is 1.19 bits per heavy atom. The van der Waals surface area contributed by atoms with Gasteiger partial charge in [-0.15, -0.1) is 11.5 Å². The molecular weight excluding hydrogens is 266 g/mol. The summed E-state index contributed by atoms with van der Waals surface area (Å²) in [5.41, 5.74) is 2.12. The zero-order valence-corrected chi connectivity index (χ0v) is 12.1. The molecule has 0 amide bonds. The van der Waals surface area contributed by atoms with E-state index in [-0.39, 0.29) is 17.1 Å². The van der Waals surface area contributed by atoms with Gasteiger partial charge in [0.15, 0.2) is 5.69 Å². The maximum Gasteiger partial charge on any atom is 0.281 e. The number of aromatic hydroxyl groups is 1. The predicted octanol–water partition coefficient (Wildman–Crippen LogP) is 3.10. The van der Waals surface area contributed by atoms with Crippen LogP contribution in [0.2, 0.25) is 0 Å². The second kappa shape index (κ2) is 5.63. The molecule has 0 saturated carbocycles. The van der Waals surface area contributed by atoms with E-state index in [1.807, 2.05) is 19.1 Å². The van der Waals surface area contributed by atoms with Gasteiger partial charge in [0, 0.05) is 12.6 Å². The van der Waals surface area contributed by atoms with Crippen molar-refractivity contribution in [1.82, 2.24) is 4.57 Å². The summed E-state index contributed by atoms with van der Waals surface area (Å²) in [6.07, 6.45) is 5.37. The van der Waals surface area contributed by atoms with Gasteiger partial charge in [-0.25, -0.2) is 0 Å². The molecule has 21 heavy (non-hydrogen) atoms. The normalized spacial score (nSPS) is 10.8. The summed E-state index contributed by atoms with van der Waals surface area (Å²) in [5, 5.41) is 17.9. The molecule has 0 aliphatic carbocycles. The molecule has 106 valence electrons. The van der Waals surface area contributed by atoms with Crippen LogP contribution in [0.5, 0.6) is 5.88 Å². The first kappa shape index (κ1) is 14.5. The molecule has 1 aromatic carbocycles. The fourth-order valence-electron chi connectivity index (χ4n) is 1.88.